The Morgan fingerprint density at radius 3 is 3.00 bits per heavy atom. The molecule has 0 aromatic carbocycles. The Morgan fingerprint density at radius 1 is 1.54 bits per heavy atom. The number of rotatable bonds is 2. The zero-order valence-corrected chi connectivity index (χ0v) is 7.95. The van der Waals surface area contributed by atoms with Crippen LogP contribution in [-0.4, -0.2) is 35.6 Å². The number of fused-ring (bicyclic) bond motifs is 1. The van der Waals surface area contributed by atoms with Crippen molar-refractivity contribution in [2.45, 2.75) is 32.2 Å². The van der Waals surface area contributed by atoms with Crippen LogP contribution in [0.15, 0.2) is 0 Å². The number of hydrogen-bond donors (Lipinski definition) is 0. The maximum absolute atomic E-state index is 11.5. The maximum Gasteiger partial charge on any atom is 0.151 e. The van der Waals surface area contributed by atoms with Crippen molar-refractivity contribution in [1.82, 2.24) is 4.90 Å². The number of nitrogens with zero attached hydrogens (tertiary/aromatic N) is 1. The lowest BCUT2D eigenvalue weighted by Crippen LogP contribution is -2.31. The molecule has 3 heteroatoms. The second-order valence-corrected chi connectivity index (χ2v) is 4.15. The summed E-state index contributed by atoms with van der Waals surface area (Å²) in [5, 5.41) is 0. The third-order valence-corrected chi connectivity index (χ3v) is 3.15. The average Bonchev–Trinajstić information content (AvgIpc) is 2.56. The van der Waals surface area contributed by atoms with Crippen molar-refractivity contribution in [2.24, 2.45) is 5.92 Å². The molecule has 2 fully saturated rings. The van der Waals surface area contributed by atoms with Crippen molar-refractivity contribution in [2.75, 3.05) is 13.1 Å². The van der Waals surface area contributed by atoms with Gasteiger partial charge in [0.15, 0.2) is 5.78 Å². The Hall–Kier alpha value is -0.700. The van der Waals surface area contributed by atoms with Gasteiger partial charge in [0.25, 0.3) is 0 Å². The van der Waals surface area contributed by atoms with Gasteiger partial charge >= 0.3 is 0 Å². The van der Waals surface area contributed by atoms with Crippen LogP contribution in [-0.2, 0) is 9.59 Å². The van der Waals surface area contributed by atoms with E-state index in [-0.39, 0.29) is 11.8 Å². The van der Waals surface area contributed by atoms with Crippen LogP contribution in [0.1, 0.15) is 26.2 Å². The fraction of sp³-hybridized carbons (Fsp3) is 0.800. The van der Waals surface area contributed by atoms with Gasteiger partial charge in [0, 0.05) is 19.4 Å². The van der Waals surface area contributed by atoms with Crippen LogP contribution < -0.4 is 0 Å². The summed E-state index contributed by atoms with van der Waals surface area (Å²) >= 11 is 0. The lowest BCUT2D eigenvalue weighted by molar-refractivity contribution is -0.121. The summed E-state index contributed by atoms with van der Waals surface area (Å²) in [5.41, 5.74) is 0. The number of carbonyl (C=O) groups is 2. The monoisotopic (exact) mass is 181 g/mol. The van der Waals surface area contributed by atoms with Crippen molar-refractivity contribution in [3.63, 3.8) is 0 Å². The van der Waals surface area contributed by atoms with Crippen LogP contribution >= 0.6 is 0 Å². The van der Waals surface area contributed by atoms with Gasteiger partial charge in [0.1, 0.15) is 5.78 Å². The largest absolute Gasteiger partial charge is 0.300 e. The molecule has 0 bridgehead atoms. The fourth-order valence-corrected chi connectivity index (χ4v) is 2.63. The summed E-state index contributed by atoms with van der Waals surface area (Å²) < 4.78 is 0. The van der Waals surface area contributed by atoms with Crippen molar-refractivity contribution in [3.8, 4) is 0 Å². The number of hydrogen-bond acceptors (Lipinski definition) is 3. The van der Waals surface area contributed by atoms with E-state index in [1.165, 1.54) is 0 Å². The second kappa shape index (κ2) is 3.22. The molecule has 0 aliphatic carbocycles. The van der Waals surface area contributed by atoms with E-state index in [9.17, 15) is 9.59 Å². The first kappa shape index (κ1) is 8.88. The third-order valence-electron chi connectivity index (χ3n) is 3.15. The Labute approximate surface area is 78.1 Å². The van der Waals surface area contributed by atoms with Gasteiger partial charge in [-0.2, -0.15) is 0 Å². The highest BCUT2D eigenvalue weighted by atomic mass is 16.1. The summed E-state index contributed by atoms with van der Waals surface area (Å²) in [6.07, 6.45) is 2.31. The van der Waals surface area contributed by atoms with Gasteiger partial charge in [-0.05, 0) is 25.8 Å². The number of ketones is 2. The molecular formula is C10H15NO2. The molecule has 0 saturated carbocycles. The summed E-state index contributed by atoms with van der Waals surface area (Å²) in [6.45, 7) is 3.54. The molecule has 0 amide bonds. The highest BCUT2D eigenvalue weighted by Crippen LogP contribution is 2.32. The van der Waals surface area contributed by atoms with Gasteiger partial charge in [0.05, 0.1) is 6.04 Å². The van der Waals surface area contributed by atoms with E-state index in [4.69, 9.17) is 0 Å². The minimum atomic E-state index is 0.0869. The minimum absolute atomic E-state index is 0.0869. The van der Waals surface area contributed by atoms with Crippen LogP contribution in [0.2, 0.25) is 0 Å². The molecule has 13 heavy (non-hydrogen) atoms. The molecule has 3 nitrogen and oxygen atoms in total. The van der Waals surface area contributed by atoms with Crippen LogP contribution in [0, 0.1) is 5.92 Å². The lowest BCUT2D eigenvalue weighted by atomic mass is 9.93. The summed E-state index contributed by atoms with van der Waals surface area (Å²) in [4.78, 5) is 24.7. The summed E-state index contributed by atoms with van der Waals surface area (Å²) in [7, 11) is 0. The highest BCUT2D eigenvalue weighted by Gasteiger charge is 2.42. The van der Waals surface area contributed by atoms with Crippen LogP contribution in [0.3, 0.4) is 0 Å². The smallest absolute Gasteiger partial charge is 0.151 e. The summed E-state index contributed by atoms with van der Waals surface area (Å²) in [5.74, 6) is 0.878. The van der Waals surface area contributed by atoms with Crippen LogP contribution in [0.25, 0.3) is 0 Å². The highest BCUT2D eigenvalue weighted by molar-refractivity contribution is 5.88. The van der Waals surface area contributed by atoms with E-state index < -0.39 is 0 Å². The quantitative estimate of drug-likeness (QED) is 0.627. The number of carbonyl (C=O) groups excluding carboxylic acids is 2. The fourth-order valence-electron chi connectivity index (χ4n) is 2.63. The Bertz CT molecular complexity index is 249. The minimum Gasteiger partial charge on any atom is -0.300 e. The molecule has 72 valence electrons. The van der Waals surface area contributed by atoms with E-state index >= 15 is 0 Å². The topological polar surface area (TPSA) is 37.4 Å². The van der Waals surface area contributed by atoms with Crippen molar-refractivity contribution >= 4 is 11.6 Å². The molecule has 2 rings (SSSR count). The molecule has 2 saturated heterocycles. The third kappa shape index (κ3) is 1.53. The van der Waals surface area contributed by atoms with E-state index in [0.29, 0.717) is 24.5 Å². The number of Topliss-reactive ketones (excluding diaryl/α,β-unsaturated/α-hetero) is 2. The standard InChI is InChI=1S/C10H15NO2/c1-7(12)6-8-2-4-11-5-3-9(13)10(8)11/h8,10H,2-6H2,1H3. The molecule has 0 spiro atoms. The van der Waals surface area contributed by atoms with Gasteiger partial charge < -0.3 is 4.79 Å². The summed E-state index contributed by atoms with van der Waals surface area (Å²) in [6, 6.07) is 0.0869. The first-order chi connectivity index (χ1) is 6.18. The predicted molar refractivity (Wildman–Crippen MR) is 48.4 cm³/mol. The van der Waals surface area contributed by atoms with E-state index in [1.807, 2.05) is 0 Å². The van der Waals surface area contributed by atoms with Crippen LogP contribution in [0.5, 0.6) is 0 Å². The Balaban J connectivity index is 2.06. The molecule has 2 aliphatic heterocycles. The van der Waals surface area contributed by atoms with E-state index in [0.717, 1.165) is 19.5 Å². The second-order valence-electron chi connectivity index (χ2n) is 4.15. The van der Waals surface area contributed by atoms with Crippen molar-refractivity contribution in [3.05, 3.63) is 0 Å². The first-order valence-corrected chi connectivity index (χ1v) is 4.94. The molecule has 2 aliphatic rings. The normalized spacial score (nSPS) is 33.8. The van der Waals surface area contributed by atoms with Gasteiger partial charge in [-0.1, -0.05) is 0 Å². The molecule has 0 N–H and O–H groups in total. The van der Waals surface area contributed by atoms with Crippen LogP contribution in [0.4, 0.5) is 0 Å². The van der Waals surface area contributed by atoms with Gasteiger partial charge in [-0.25, -0.2) is 0 Å². The van der Waals surface area contributed by atoms with E-state index in [2.05, 4.69) is 4.90 Å². The first-order valence-electron chi connectivity index (χ1n) is 4.94. The SMILES string of the molecule is CC(=O)CC1CCN2CCC(=O)C12. The van der Waals surface area contributed by atoms with Crippen molar-refractivity contribution < 1.29 is 9.59 Å². The molecular weight excluding hydrogens is 166 g/mol. The van der Waals surface area contributed by atoms with Gasteiger partial charge in [-0.3, -0.25) is 9.69 Å². The predicted octanol–water partition coefficient (Wildman–Crippen LogP) is 0.629. The molecule has 2 heterocycles. The van der Waals surface area contributed by atoms with Gasteiger partial charge in [-0.15, -0.1) is 0 Å². The maximum atomic E-state index is 11.5. The molecule has 0 aromatic heterocycles. The molecule has 0 radical (unpaired) electrons. The van der Waals surface area contributed by atoms with Gasteiger partial charge in [0.2, 0.25) is 0 Å². The van der Waals surface area contributed by atoms with Crippen molar-refractivity contribution in [1.29, 1.82) is 0 Å². The lowest BCUT2D eigenvalue weighted by Gasteiger charge is -2.17. The van der Waals surface area contributed by atoms with E-state index in [1.54, 1.807) is 6.92 Å². The Kier molecular flexibility index (Phi) is 2.20. The molecule has 2 unspecified atom stereocenters. The zero-order chi connectivity index (χ0) is 9.42. The molecule has 2 atom stereocenters. The Morgan fingerprint density at radius 2 is 2.31 bits per heavy atom. The zero-order valence-electron chi connectivity index (χ0n) is 7.95. The average molecular weight is 181 g/mol. The molecule has 0 aromatic rings.